The monoisotopic (exact) mass is 421 g/mol. The summed E-state index contributed by atoms with van der Waals surface area (Å²) >= 11 is 0. The maximum atomic E-state index is 13.0. The Labute approximate surface area is 181 Å². The number of likely N-dealkylation sites (tertiary alicyclic amines) is 1. The van der Waals surface area contributed by atoms with E-state index in [-0.39, 0.29) is 5.92 Å². The van der Waals surface area contributed by atoms with E-state index < -0.39 is 6.17 Å². The number of benzene rings is 1. The zero-order valence-corrected chi connectivity index (χ0v) is 17.9. The molecule has 31 heavy (non-hydrogen) atoms. The molecule has 1 aromatic carbocycles. The molecule has 162 valence electrons. The van der Waals surface area contributed by atoms with Crippen molar-refractivity contribution in [2.75, 3.05) is 19.6 Å². The molecule has 0 amide bonds. The van der Waals surface area contributed by atoms with Crippen LogP contribution in [0.25, 0.3) is 22.1 Å². The number of oxazole rings is 1. The maximum absolute atomic E-state index is 13.0. The smallest absolute Gasteiger partial charge is 0.191 e. The van der Waals surface area contributed by atoms with Gasteiger partial charge in [-0.1, -0.05) is 12.1 Å². The summed E-state index contributed by atoms with van der Waals surface area (Å²) in [5.74, 6) is 2.41. The first-order valence-electron chi connectivity index (χ1n) is 11.2. The molecule has 2 aromatic heterocycles. The number of aromatic nitrogens is 2. The van der Waals surface area contributed by atoms with Crippen LogP contribution >= 0.6 is 0 Å². The van der Waals surface area contributed by atoms with E-state index in [0.717, 1.165) is 60.0 Å². The number of pyridine rings is 1. The fraction of sp³-hybridized carbons (Fsp3) is 0.480. The molecule has 1 aliphatic carbocycles. The Morgan fingerprint density at radius 3 is 2.61 bits per heavy atom. The molecule has 0 atom stereocenters. The second kappa shape index (κ2) is 8.50. The van der Waals surface area contributed by atoms with Crippen molar-refractivity contribution in [2.45, 2.75) is 45.2 Å². The third-order valence-corrected chi connectivity index (χ3v) is 6.77. The molecule has 3 aromatic rings. The van der Waals surface area contributed by atoms with Crippen LogP contribution in [0.15, 0.2) is 41.1 Å². The molecule has 0 spiro atoms. The Kier molecular flexibility index (Phi) is 5.57. The molecule has 0 N–H and O–H groups in total. The van der Waals surface area contributed by atoms with E-state index in [1.54, 1.807) is 6.20 Å². The predicted molar refractivity (Wildman–Crippen MR) is 117 cm³/mol. The van der Waals surface area contributed by atoms with Crippen molar-refractivity contribution in [1.82, 2.24) is 14.9 Å². The molecule has 1 saturated carbocycles. The van der Waals surface area contributed by atoms with Crippen LogP contribution in [-0.2, 0) is 11.2 Å². The van der Waals surface area contributed by atoms with Crippen LogP contribution in [0, 0.1) is 18.8 Å². The van der Waals surface area contributed by atoms with Crippen LogP contribution < -0.4 is 0 Å². The summed E-state index contributed by atoms with van der Waals surface area (Å²) in [4.78, 5) is 23.8. The van der Waals surface area contributed by atoms with Gasteiger partial charge >= 0.3 is 0 Å². The molecule has 6 heteroatoms. The molecule has 3 heterocycles. The lowest BCUT2D eigenvalue weighted by Gasteiger charge is -2.38. The van der Waals surface area contributed by atoms with Crippen LogP contribution in [-0.4, -0.2) is 46.5 Å². The van der Waals surface area contributed by atoms with Crippen molar-refractivity contribution in [2.24, 2.45) is 11.8 Å². The number of hydrogen-bond donors (Lipinski definition) is 0. The number of Topliss-reactive ketones (excluding diaryl/α,β-unsaturated/α-hetero) is 1. The first-order valence-corrected chi connectivity index (χ1v) is 11.2. The minimum atomic E-state index is -0.636. The van der Waals surface area contributed by atoms with Gasteiger partial charge in [-0.25, -0.2) is 9.37 Å². The van der Waals surface area contributed by atoms with E-state index in [1.165, 1.54) is 0 Å². The highest BCUT2D eigenvalue weighted by Crippen LogP contribution is 2.32. The molecule has 5 nitrogen and oxygen atoms in total. The summed E-state index contributed by atoms with van der Waals surface area (Å²) in [7, 11) is 0. The summed E-state index contributed by atoms with van der Waals surface area (Å²) in [5.41, 5.74) is 1.79. The number of ketones is 1. The normalized spacial score (nSPS) is 22.5. The van der Waals surface area contributed by atoms with Crippen LogP contribution in [0.4, 0.5) is 4.39 Å². The topological polar surface area (TPSA) is 59.2 Å². The van der Waals surface area contributed by atoms with Gasteiger partial charge in [0.2, 0.25) is 0 Å². The number of carbonyl (C=O) groups excluding carboxylic acids is 1. The highest BCUT2D eigenvalue weighted by Gasteiger charge is 2.31. The number of rotatable bonds is 6. The summed E-state index contributed by atoms with van der Waals surface area (Å²) in [6, 6.07) is 8.10. The molecule has 1 saturated heterocycles. The lowest BCUT2D eigenvalue weighted by atomic mass is 9.78. The van der Waals surface area contributed by atoms with Gasteiger partial charge in [-0.3, -0.25) is 14.7 Å². The highest BCUT2D eigenvalue weighted by atomic mass is 19.1. The Morgan fingerprint density at radius 2 is 1.90 bits per heavy atom. The fourth-order valence-electron chi connectivity index (χ4n) is 4.94. The van der Waals surface area contributed by atoms with Gasteiger partial charge in [0.25, 0.3) is 0 Å². The number of carbonyl (C=O) groups is 1. The largest absolute Gasteiger partial charge is 0.441 e. The van der Waals surface area contributed by atoms with Gasteiger partial charge in [-0.05, 0) is 49.1 Å². The number of halogens is 1. The van der Waals surface area contributed by atoms with E-state index >= 15 is 0 Å². The fourth-order valence-corrected chi connectivity index (χ4v) is 4.94. The third kappa shape index (κ3) is 4.54. The van der Waals surface area contributed by atoms with Gasteiger partial charge in [0.1, 0.15) is 12.0 Å². The second-order valence-electron chi connectivity index (χ2n) is 9.16. The van der Waals surface area contributed by atoms with Gasteiger partial charge in [0.15, 0.2) is 11.7 Å². The standard InChI is InChI=1S/C25H28FN3O2/c1-16-27-12-25(31-16)19-6-7-20-11-28-23(9-21(20)8-19)10-24(30)18-4-2-17(3-5-18)13-29-14-22(26)15-29/h6-9,11-12,17-18,22H,2-5,10,13-15H2,1H3. The van der Waals surface area contributed by atoms with Gasteiger partial charge in [-0.15, -0.1) is 0 Å². The van der Waals surface area contributed by atoms with Crippen molar-refractivity contribution in [3.8, 4) is 11.3 Å². The Morgan fingerprint density at radius 1 is 1.10 bits per heavy atom. The molecular formula is C25H28FN3O2. The predicted octanol–water partition coefficient (Wildman–Crippen LogP) is 4.77. The van der Waals surface area contributed by atoms with Crippen LogP contribution in [0.1, 0.15) is 37.3 Å². The number of nitrogens with zero attached hydrogens (tertiary/aromatic N) is 3. The van der Waals surface area contributed by atoms with Crippen LogP contribution in [0.3, 0.4) is 0 Å². The molecule has 0 unspecified atom stereocenters. The molecule has 0 bridgehead atoms. The average Bonchev–Trinajstić information content (AvgIpc) is 3.19. The Balaban J connectivity index is 1.21. The maximum Gasteiger partial charge on any atom is 0.191 e. The number of aryl methyl sites for hydroxylation is 1. The Bertz CT molecular complexity index is 1080. The lowest BCUT2D eigenvalue weighted by Crippen LogP contribution is -2.50. The van der Waals surface area contributed by atoms with E-state index in [2.05, 4.69) is 20.9 Å². The van der Waals surface area contributed by atoms with Gasteiger partial charge in [0, 0.05) is 61.7 Å². The third-order valence-electron chi connectivity index (χ3n) is 6.77. The first-order chi connectivity index (χ1) is 15.0. The summed E-state index contributed by atoms with van der Waals surface area (Å²) in [6.45, 7) is 3.99. The van der Waals surface area contributed by atoms with E-state index in [4.69, 9.17) is 4.42 Å². The van der Waals surface area contributed by atoms with E-state index in [0.29, 0.717) is 37.1 Å². The van der Waals surface area contributed by atoms with Crippen molar-refractivity contribution >= 4 is 16.6 Å². The molecule has 2 aliphatic rings. The number of alkyl halides is 1. The number of hydrogen-bond acceptors (Lipinski definition) is 5. The van der Waals surface area contributed by atoms with Crippen LogP contribution in [0.2, 0.25) is 0 Å². The van der Waals surface area contributed by atoms with Gasteiger partial charge < -0.3 is 4.42 Å². The summed E-state index contributed by atoms with van der Waals surface area (Å²) in [6.07, 6.45) is 7.34. The van der Waals surface area contributed by atoms with Crippen molar-refractivity contribution in [3.63, 3.8) is 0 Å². The van der Waals surface area contributed by atoms with Crippen molar-refractivity contribution in [3.05, 3.63) is 48.2 Å². The summed E-state index contributed by atoms with van der Waals surface area (Å²) < 4.78 is 18.6. The highest BCUT2D eigenvalue weighted by molar-refractivity contribution is 5.88. The van der Waals surface area contributed by atoms with Crippen molar-refractivity contribution in [1.29, 1.82) is 0 Å². The number of fused-ring (bicyclic) bond motifs is 1. The van der Waals surface area contributed by atoms with E-state index in [9.17, 15) is 9.18 Å². The molecule has 0 radical (unpaired) electrons. The zero-order chi connectivity index (χ0) is 21.4. The molecular weight excluding hydrogens is 393 g/mol. The van der Waals surface area contributed by atoms with Gasteiger partial charge in [-0.2, -0.15) is 0 Å². The zero-order valence-electron chi connectivity index (χ0n) is 17.9. The van der Waals surface area contributed by atoms with Crippen LogP contribution in [0.5, 0.6) is 0 Å². The SMILES string of the molecule is Cc1ncc(-c2ccc3cnc(CC(=O)C4CCC(CN5CC(F)C5)CC4)cc3c2)o1. The lowest BCUT2D eigenvalue weighted by molar-refractivity contribution is -0.123. The minimum absolute atomic E-state index is 0.127. The average molecular weight is 422 g/mol. The van der Waals surface area contributed by atoms with Gasteiger partial charge in [0.05, 0.1) is 6.20 Å². The molecule has 2 fully saturated rings. The minimum Gasteiger partial charge on any atom is -0.441 e. The molecule has 1 aliphatic heterocycles. The summed E-state index contributed by atoms with van der Waals surface area (Å²) in [5, 5.41) is 2.09. The Hall–Kier alpha value is -2.60. The van der Waals surface area contributed by atoms with E-state index in [1.807, 2.05) is 31.3 Å². The second-order valence-corrected chi connectivity index (χ2v) is 9.16. The molecule has 5 rings (SSSR count). The quantitative estimate of drug-likeness (QED) is 0.574. The van der Waals surface area contributed by atoms with Crippen molar-refractivity contribution < 1.29 is 13.6 Å². The first kappa shape index (κ1) is 20.3.